The molecule has 0 aliphatic carbocycles. The van der Waals surface area contributed by atoms with Crippen molar-refractivity contribution in [1.29, 1.82) is 0 Å². The first-order chi connectivity index (χ1) is 15.2. The summed E-state index contributed by atoms with van der Waals surface area (Å²) >= 11 is 5.17. The average molecular weight is 478 g/mol. The normalized spacial score (nSPS) is 11.1. The van der Waals surface area contributed by atoms with E-state index < -0.39 is 21.9 Å². The number of thiocarbonyl (C=S) groups is 1. The molecule has 0 heterocycles. The highest BCUT2D eigenvalue weighted by molar-refractivity contribution is 7.89. The molecular formula is C22H27N3O5S2. The van der Waals surface area contributed by atoms with Crippen LogP contribution in [0, 0.1) is 0 Å². The van der Waals surface area contributed by atoms with E-state index in [4.69, 9.17) is 12.2 Å². The van der Waals surface area contributed by atoms with Crippen molar-refractivity contribution in [3.8, 4) is 0 Å². The molecule has 2 aromatic rings. The number of esters is 1. The van der Waals surface area contributed by atoms with Gasteiger partial charge in [0.05, 0.1) is 17.6 Å². The van der Waals surface area contributed by atoms with Crippen molar-refractivity contribution in [2.45, 2.75) is 31.6 Å². The lowest BCUT2D eigenvalue weighted by Gasteiger charge is -2.21. The average Bonchev–Trinajstić information content (AvgIpc) is 2.78. The molecule has 0 atom stereocenters. The number of sulfonamides is 1. The third-order valence-electron chi connectivity index (χ3n) is 4.49. The van der Waals surface area contributed by atoms with Gasteiger partial charge in [-0.2, -0.15) is 4.31 Å². The Bertz CT molecular complexity index is 1050. The van der Waals surface area contributed by atoms with Crippen molar-refractivity contribution in [3.63, 3.8) is 0 Å². The van der Waals surface area contributed by atoms with Gasteiger partial charge in [-0.25, -0.2) is 13.2 Å². The van der Waals surface area contributed by atoms with E-state index in [9.17, 15) is 18.0 Å². The van der Waals surface area contributed by atoms with Crippen molar-refractivity contribution < 1.29 is 22.7 Å². The first-order valence-corrected chi connectivity index (χ1v) is 12.0. The third-order valence-corrected chi connectivity index (χ3v) is 6.61. The minimum absolute atomic E-state index is 0.0567. The number of carbonyl (C=O) groups excluding carboxylic acids is 2. The van der Waals surface area contributed by atoms with Gasteiger partial charge >= 0.3 is 5.97 Å². The van der Waals surface area contributed by atoms with Crippen LogP contribution in [-0.2, 0) is 14.8 Å². The van der Waals surface area contributed by atoms with Crippen LogP contribution in [0.5, 0.6) is 0 Å². The summed E-state index contributed by atoms with van der Waals surface area (Å²) in [6.45, 7) is 4.81. The number of ether oxygens (including phenoxy) is 1. The number of hydrogen-bond acceptors (Lipinski definition) is 6. The maximum atomic E-state index is 12.8. The fourth-order valence-corrected chi connectivity index (χ4v) is 4.76. The van der Waals surface area contributed by atoms with E-state index in [1.54, 1.807) is 12.1 Å². The zero-order chi connectivity index (χ0) is 23.7. The molecule has 10 heteroatoms. The molecule has 0 fully saturated rings. The summed E-state index contributed by atoms with van der Waals surface area (Å²) in [7, 11) is -2.29. The maximum Gasteiger partial charge on any atom is 0.337 e. The Morgan fingerprint density at radius 1 is 0.938 bits per heavy atom. The number of nitrogens with zero attached hydrogens (tertiary/aromatic N) is 1. The predicted molar refractivity (Wildman–Crippen MR) is 127 cm³/mol. The molecule has 0 aliphatic rings. The van der Waals surface area contributed by atoms with Crippen LogP contribution in [0.4, 0.5) is 5.69 Å². The van der Waals surface area contributed by atoms with Gasteiger partial charge in [0.2, 0.25) is 10.0 Å². The Morgan fingerprint density at radius 2 is 1.47 bits per heavy atom. The minimum Gasteiger partial charge on any atom is -0.465 e. The standard InChI is InChI=1S/C22H27N3O5S2/c1-4-14-25(15-5-2)32(28,29)19-12-10-18(11-13-19)23-22(31)24-20(26)16-6-8-17(9-7-16)21(27)30-3/h6-13H,4-5,14-15H2,1-3H3,(H2,23,24,26,31). The minimum atomic E-state index is -3.57. The predicted octanol–water partition coefficient (Wildman–Crippen LogP) is 3.41. The largest absolute Gasteiger partial charge is 0.465 e. The lowest BCUT2D eigenvalue weighted by atomic mass is 10.1. The number of anilines is 1. The zero-order valence-electron chi connectivity index (χ0n) is 18.3. The van der Waals surface area contributed by atoms with Crippen molar-refractivity contribution in [2.24, 2.45) is 0 Å². The van der Waals surface area contributed by atoms with Gasteiger partial charge in [-0.3, -0.25) is 10.1 Å². The van der Waals surface area contributed by atoms with Crippen LogP contribution >= 0.6 is 12.2 Å². The lowest BCUT2D eigenvalue weighted by molar-refractivity contribution is 0.0600. The van der Waals surface area contributed by atoms with Crippen molar-refractivity contribution in [3.05, 3.63) is 59.7 Å². The molecule has 2 rings (SSSR count). The third kappa shape index (κ3) is 6.59. The fourth-order valence-electron chi connectivity index (χ4n) is 2.92. The molecule has 0 radical (unpaired) electrons. The monoisotopic (exact) mass is 477 g/mol. The highest BCUT2D eigenvalue weighted by Gasteiger charge is 2.22. The van der Waals surface area contributed by atoms with E-state index >= 15 is 0 Å². The van der Waals surface area contributed by atoms with Crippen molar-refractivity contribution in [1.82, 2.24) is 9.62 Å². The second-order valence-corrected chi connectivity index (χ2v) is 9.25. The molecule has 0 spiro atoms. The SMILES string of the molecule is CCCN(CCC)S(=O)(=O)c1ccc(NC(=S)NC(=O)c2ccc(C(=O)OC)cc2)cc1. The number of amides is 1. The quantitative estimate of drug-likeness (QED) is 0.421. The van der Waals surface area contributed by atoms with Gasteiger partial charge in [-0.15, -0.1) is 0 Å². The Labute approximate surface area is 194 Å². The summed E-state index contributed by atoms with van der Waals surface area (Å²) in [6.07, 6.45) is 1.47. The molecule has 0 unspecified atom stereocenters. The Kier molecular flexibility index (Phi) is 9.30. The highest BCUT2D eigenvalue weighted by atomic mass is 32.2. The summed E-state index contributed by atoms with van der Waals surface area (Å²) in [6, 6.07) is 12.1. The fraction of sp³-hybridized carbons (Fsp3) is 0.318. The molecule has 0 saturated heterocycles. The Hall–Kier alpha value is -2.82. The van der Waals surface area contributed by atoms with E-state index in [0.717, 1.165) is 12.8 Å². The van der Waals surface area contributed by atoms with Crippen LogP contribution < -0.4 is 10.6 Å². The molecule has 2 aromatic carbocycles. The topological polar surface area (TPSA) is 105 Å². The van der Waals surface area contributed by atoms with E-state index in [2.05, 4.69) is 15.4 Å². The van der Waals surface area contributed by atoms with E-state index in [1.165, 1.54) is 47.8 Å². The van der Waals surface area contributed by atoms with Crippen molar-refractivity contribution in [2.75, 3.05) is 25.5 Å². The van der Waals surface area contributed by atoms with E-state index in [-0.39, 0.29) is 10.0 Å². The molecule has 0 aromatic heterocycles. The zero-order valence-corrected chi connectivity index (χ0v) is 19.9. The number of methoxy groups -OCH3 is 1. The maximum absolute atomic E-state index is 12.8. The van der Waals surface area contributed by atoms with Gasteiger partial charge in [0, 0.05) is 24.3 Å². The highest BCUT2D eigenvalue weighted by Crippen LogP contribution is 2.19. The van der Waals surface area contributed by atoms with Crippen LogP contribution in [0.3, 0.4) is 0 Å². The first kappa shape index (κ1) is 25.4. The van der Waals surface area contributed by atoms with Crippen LogP contribution in [-0.4, -0.2) is 49.9 Å². The molecule has 1 amide bonds. The molecule has 8 nitrogen and oxygen atoms in total. The van der Waals surface area contributed by atoms with Gasteiger partial charge in [0.1, 0.15) is 0 Å². The van der Waals surface area contributed by atoms with Crippen LogP contribution in [0.15, 0.2) is 53.4 Å². The summed E-state index contributed by atoms with van der Waals surface area (Å²) in [5.41, 5.74) is 1.18. The lowest BCUT2D eigenvalue weighted by Crippen LogP contribution is -2.34. The smallest absolute Gasteiger partial charge is 0.337 e. The van der Waals surface area contributed by atoms with Gasteiger partial charge in [0.15, 0.2) is 5.11 Å². The van der Waals surface area contributed by atoms with Crippen LogP contribution in [0.2, 0.25) is 0 Å². The van der Waals surface area contributed by atoms with Gasteiger partial charge in [0.25, 0.3) is 5.91 Å². The second-order valence-electron chi connectivity index (χ2n) is 6.91. The summed E-state index contributed by atoms with van der Waals surface area (Å²) in [4.78, 5) is 24.0. The van der Waals surface area contributed by atoms with Gasteiger partial charge in [-0.1, -0.05) is 13.8 Å². The molecule has 0 bridgehead atoms. The molecule has 32 heavy (non-hydrogen) atoms. The molecule has 0 aliphatic heterocycles. The number of carbonyl (C=O) groups is 2. The van der Waals surface area contributed by atoms with Gasteiger partial charge in [-0.05, 0) is 73.6 Å². The number of hydrogen-bond donors (Lipinski definition) is 2. The van der Waals surface area contributed by atoms with Crippen LogP contribution in [0.25, 0.3) is 0 Å². The summed E-state index contributed by atoms with van der Waals surface area (Å²) in [5, 5.41) is 5.46. The van der Waals surface area contributed by atoms with Crippen LogP contribution in [0.1, 0.15) is 47.4 Å². The number of rotatable bonds is 9. The first-order valence-electron chi connectivity index (χ1n) is 10.1. The molecule has 0 saturated carbocycles. The van der Waals surface area contributed by atoms with Crippen molar-refractivity contribution >= 4 is 44.9 Å². The summed E-state index contributed by atoms with van der Waals surface area (Å²) < 4.78 is 31.8. The van der Waals surface area contributed by atoms with Gasteiger partial charge < -0.3 is 10.1 Å². The molecule has 172 valence electrons. The number of nitrogens with one attached hydrogen (secondary N) is 2. The second kappa shape index (κ2) is 11.7. The van der Waals surface area contributed by atoms with E-state index in [0.29, 0.717) is 29.9 Å². The summed E-state index contributed by atoms with van der Waals surface area (Å²) in [5.74, 6) is -0.944. The molecule has 2 N–H and O–H groups in total. The molecular weight excluding hydrogens is 450 g/mol. The van der Waals surface area contributed by atoms with E-state index in [1.807, 2.05) is 13.8 Å². The number of benzene rings is 2. The Balaban J connectivity index is 2.01. The Morgan fingerprint density at radius 3 is 1.97 bits per heavy atom.